The molecule has 0 bridgehead atoms. The molecule has 1 atom stereocenters. The maximum Gasteiger partial charge on any atom is 0.406 e. The third-order valence-corrected chi connectivity index (χ3v) is 4.41. The first-order valence-electron chi connectivity index (χ1n) is 7.36. The van der Waals surface area contributed by atoms with Crippen LogP contribution in [0.15, 0.2) is 24.3 Å². The van der Waals surface area contributed by atoms with Crippen LogP contribution < -0.4 is 0 Å². The molecule has 1 fully saturated rings. The highest BCUT2D eigenvalue weighted by atomic mass is 19.4. The van der Waals surface area contributed by atoms with Gasteiger partial charge in [-0.25, -0.2) is 0 Å². The second-order valence-electron chi connectivity index (χ2n) is 5.75. The second kappa shape index (κ2) is 6.22. The zero-order chi connectivity index (χ0) is 17.3. The number of benzene rings is 1. The van der Waals surface area contributed by atoms with Crippen LogP contribution in [0.1, 0.15) is 24.5 Å². The number of alkyl halides is 3. The SMILES string of the molecule is CCc1ccccc1CC(=O)N1CCC(C(=O)O)(C(F)(F)F)C1. The Morgan fingerprint density at radius 3 is 2.35 bits per heavy atom. The third kappa shape index (κ3) is 3.18. The predicted molar refractivity (Wildman–Crippen MR) is 76.8 cm³/mol. The normalized spacial score (nSPS) is 21.5. The number of hydrogen-bond donors (Lipinski definition) is 1. The van der Waals surface area contributed by atoms with E-state index in [1.165, 1.54) is 0 Å². The van der Waals surface area contributed by atoms with Crippen molar-refractivity contribution >= 4 is 11.9 Å². The quantitative estimate of drug-likeness (QED) is 0.924. The molecule has 1 unspecified atom stereocenters. The number of carboxylic acids is 1. The minimum atomic E-state index is -4.88. The smallest absolute Gasteiger partial charge is 0.406 e. The first-order valence-corrected chi connectivity index (χ1v) is 7.36. The number of nitrogens with zero attached hydrogens (tertiary/aromatic N) is 1. The van der Waals surface area contributed by atoms with Crippen LogP contribution in [0, 0.1) is 5.41 Å². The second-order valence-corrected chi connectivity index (χ2v) is 5.75. The molecular formula is C16H18F3NO3. The molecule has 1 aliphatic rings. The van der Waals surface area contributed by atoms with Crippen molar-refractivity contribution in [2.24, 2.45) is 5.41 Å². The Hall–Kier alpha value is -2.05. The van der Waals surface area contributed by atoms with E-state index in [9.17, 15) is 22.8 Å². The summed E-state index contributed by atoms with van der Waals surface area (Å²) in [7, 11) is 0. The van der Waals surface area contributed by atoms with E-state index in [0.29, 0.717) is 6.42 Å². The third-order valence-electron chi connectivity index (χ3n) is 4.41. The molecule has 7 heteroatoms. The highest BCUT2D eigenvalue weighted by Gasteiger charge is 2.64. The summed E-state index contributed by atoms with van der Waals surface area (Å²) in [4.78, 5) is 24.4. The standard InChI is InChI=1S/C16H18F3NO3/c1-2-11-5-3-4-6-12(11)9-13(21)20-8-7-15(10-20,14(22)23)16(17,18)19/h3-6H,2,7-10H2,1H3,(H,22,23). The lowest BCUT2D eigenvalue weighted by Crippen LogP contribution is -2.47. The Morgan fingerprint density at radius 2 is 1.87 bits per heavy atom. The van der Waals surface area contributed by atoms with Gasteiger partial charge >= 0.3 is 12.1 Å². The van der Waals surface area contributed by atoms with E-state index in [1.54, 1.807) is 12.1 Å². The highest BCUT2D eigenvalue weighted by Crippen LogP contribution is 2.45. The van der Waals surface area contributed by atoms with E-state index in [1.807, 2.05) is 19.1 Å². The highest BCUT2D eigenvalue weighted by molar-refractivity contribution is 5.82. The van der Waals surface area contributed by atoms with Crippen LogP contribution >= 0.6 is 0 Å². The van der Waals surface area contributed by atoms with Crippen LogP contribution in [0.3, 0.4) is 0 Å². The van der Waals surface area contributed by atoms with Gasteiger partial charge in [-0.15, -0.1) is 0 Å². The molecule has 0 aliphatic carbocycles. The minimum Gasteiger partial charge on any atom is -0.481 e. The van der Waals surface area contributed by atoms with Crippen molar-refractivity contribution in [3.8, 4) is 0 Å². The minimum absolute atomic E-state index is 0.0163. The molecule has 1 amide bonds. The molecule has 4 nitrogen and oxygen atoms in total. The van der Waals surface area contributed by atoms with Crippen molar-refractivity contribution < 1.29 is 27.9 Å². The fourth-order valence-corrected chi connectivity index (χ4v) is 2.90. The molecule has 1 heterocycles. The number of rotatable bonds is 4. The van der Waals surface area contributed by atoms with Crippen LogP contribution in [0.4, 0.5) is 13.2 Å². The number of carboxylic acid groups (broad SMARTS) is 1. The van der Waals surface area contributed by atoms with Gasteiger partial charge in [-0.1, -0.05) is 31.2 Å². The van der Waals surface area contributed by atoms with Crippen LogP contribution in [0.2, 0.25) is 0 Å². The lowest BCUT2D eigenvalue weighted by Gasteiger charge is -2.27. The van der Waals surface area contributed by atoms with Gasteiger partial charge in [0.1, 0.15) is 0 Å². The van der Waals surface area contributed by atoms with E-state index >= 15 is 0 Å². The molecular weight excluding hydrogens is 311 g/mol. The number of carbonyl (C=O) groups is 2. The molecule has 0 spiro atoms. The molecule has 1 N–H and O–H groups in total. The summed E-state index contributed by atoms with van der Waals surface area (Å²) in [5.74, 6) is -2.40. The largest absolute Gasteiger partial charge is 0.481 e. The van der Waals surface area contributed by atoms with Gasteiger partial charge in [0, 0.05) is 13.1 Å². The van der Waals surface area contributed by atoms with Crippen LogP contribution in [0.25, 0.3) is 0 Å². The molecule has 126 valence electrons. The molecule has 1 aromatic rings. The van der Waals surface area contributed by atoms with Gasteiger partial charge in [0.25, 0.3) is 0 Å². The topological polar surface area (TPSA) is 57.6 Å². The number of amides is 1. The molecule has 1 aromatic carbocycles. The Kier molecular flexibility index (Phi) is 4.68. The Bertz CT molecular complexity index is 615. The average molecular weight is 329 g/mol. The zero-order valence-electron chi connectivity index (χ0n) is 12.7. The lowest BCUT2D eigenvalue weighted by molar-refractivity contribution is -0.227. The molecule has 1 aliphatic heterocycles. The molecule has 0 radical (unpaired) electrons. The van der Waals surface area contributed by atoms with Gasteiger partial charge < -0.3 is 10.0 Å². The van der Waals surface area contributed by atoms with E-state index in [4.69, 9.17) is 5.11 Å². The van der Waals surface area contributed by atoms with Crippen LogP contribution in [-0.4, -0.2) is 41.1 Å². The number of aryl methyl sites for hydroxylation is 1. The van der Waals surface area contributed by atoms with Crippen molar-refractivity contribution in [2.45, 2.75) is 32.4 Å². The van der Waals surface area contributed by atoms with Gasteiger partial charge in [-0.3, -0.25) is 9.59 Å². The maximum absolute atomic E-state index is 13.1. The number of aliphatic carboxylic acids is 1. The first-order chi connectivity index (χ1) is 10.7. The summed E-state index contributed by atoms with van der Waals surface area (Å²) < 4.78 is 39.4. The summed E-state index contributed by atoms with van der Waals surface area (Å²) in [6.07, 6.45) is -4.79. The van der Waals surface area contributed by atoms with Crippen LogP contribution in [0.5, 0.6) is 0 Å². The molecule has 23 heavy (non-hydrogen) atoms. The molecule has 1 saturated heterocycles. The Morgan fingerprint density at radius 1 is 1.26 bits per heavy atom. The lowest BCUT2D eigenvalue weighted by atomic mass is 9.86. The van der Waals surface area contributed by atoms with E-state index in [2.05, 4.69) is 0 Å². The number of carbonyl (C=O) groups excluding carboxylic acids is 1. The van der Waals surface area contributed by atoms with Crippen molar-refractivity contribution in [3.05, 3.63) is 35.4 Å². The molecule has 0 aromatic heterocycles. The van der Waals surface area contributed by atoms with Crippen molar-refractivity contribution in [3.63, 3.8) is 0 Å². The van der Waals surface area contributed by atoms with Gasteiger partial charge in [-0.2, -0.15) is 13.2 Å². The summed E-state index contributed by atoms with van der Waals surface area (Å²) in [6.45, 7) is 0.913. The van der Waals surface area contributed by atoms with E-state index in [0.717, 1.165) is 16.0 Å². The fourth-order valence-electron chi connectivity index (χ4n) is 2.90. The van der Waals surface area contributed by atoms with Crippen molar-refractivity contribution in [1.82, 2.24) is 4.90 Å². The number of halogens is 3. The maximum atomic E-state index is 13.1. The number of hydrogen-bond acceptors (Lipinski definition) is 2. The summed E-state index contributed by atoms with van der Waals surface area (Å²) in [5, 5.41) is 9.01. The average Bonchev–Trinajstić information content (AvgIpc) is 2.94. The van der Waals surface area contributed by atoms with E-state index < -0.39 is 36.4 Å². The van der Waals surface area contributed by atoms with Gasteiger partial charge in [0.15, 0.2) is 5.41 Å². The first kappa shape index (κ1) is 17.3. The van der Waals surface area contributed by atoms with Crippen molar-refractivity contribution in [2.75, 3.05) is 13.1 Å². The molecule has 2 rings (SSSR count). The Labute approximate surface area is 131 Å². The Balaban J connectivity index is 2.15. The van der Waals surface area contributed by atoms with Gasteiger partial charge in [0.05, 0.1) is 6.42 Å². The number of likely N-dealkylation sites (tertiary alicyclic amines) is 1. The van der Waals surface area contributed by atoms with E-state index in [-0.39, 0.29) is 13.0 Å². The molecule has 0 saturated carbocycles. The monoisotopic (exact) mass is 329 g/mol. The zero-order valence-corrected chi connectivity index (χ0v) is 12.7. The van der Waals surface area contributed by atoms with Gasteiger partial charge in [0.2, 0.25) is 5.91 Å². The predicted octanol–water partition coefficient (Wildman–Crippen LogP) is 2.66. The summed E-state index contributed by atoms with van der Waals surface area (Å²) in [5.41, 5.74) is -1.13. The van der Waals surface area contributed by atoms with Crippen LogP contribution in [-0.2, 0) is 22.4 Å². The van der Waals surface area contributed by atoms with Crippen molar-refractivity contribution in [1.29, 1.82) is 0 Å². The fraction of sp³-hybridized carbons (Fsp3) is 0.500. The summed E-state index contributed by atoms with van der Waals surface area (Å²) in [6, 6.07) is 7.23. The van der Waals surface area contributed by atoms with Gasteiger partial charge in [-0.05, 0) is 24.0 Å². The summed E-state index contributed by atoms with van der Waals surface area (Å²) >= 11 is 0.